The van der Waals surface area contributed by atoms with E-state index in [0.717, 1.165) is 38.6 Å². The van der Waals surface area contributed by atoms with E-state index in [1.807, 2.05) is 0 Å². The monoisotopic (exact) mass is 365 g/mol. The lowest BCUT2D eigenvalue weighted by Gasteiger charge is -2.41. The van der Waals surface area contributed by atoms with Crippen LogP contribution in [0.15, 0.2) is 24.3 Å². The third-order valence-electron chi connectivity index (χ3n) is 5.21. The van der Waals surface area contributed by atoms with E-state index < -0.39 is 16.1 Å². The van der Waals surface area contributed by atoms with Gasteiger partial charge in [0.15, 0.2) is 0 Å². The number of hydrogen-bond acceptors (Lipinski definition) is 4. The van der Waals surface area contributed by atoms with Crippen molar-refractivity contribution in [2.45, 2.75) is 44.8 Å². The molecule has 0 aliphatic carbocycles. The first-order valence-corrected chi connectivity index (χ1v) is 10.8. The molecular weight excluding hydrogens is 338 g/mol. The number of hydrogen-bond donors (Lipinski definition) is 1. The number of rotatable bonds is 4. The molecule has 1 aromatic rings. The van der Waals surface area contributed by atoms with Gasteiger partial charge in [0.1, 0.15) is 0 Å². The molecule has 7 heteroatoms. The minimum atomic E-state index is -3.37. The van der Waals surface area contributed by atoms with Crippen molar-refractivity contribution in [1.82, 2.24) is 14.5 Å². The molecule has 6 nitrogen and oxygen atoms in total. The highest BCUT2D eigenvalue weighted by atomic mass is 32.2. The number of nitrogens with zero attached hydrogens (tertiary/aromatic N) is 2. The zero-order chi connectivity index (χ0) is 18.0. The van der Waals surface area contributed by atoms with E-state index >= 15 is 0 Å². The molecule has 1 saturated heterocycles. The summed E-state index contributed by atoms with van der Waals surface area (Å²) >= 11 is 0. The Bertz CT molecular complexity index is 727. The lowest BCUT2D eigenvalue weighted by molar-refractivity contribution is -0.134. The van der Waals surface area contributed by atoms with Gasteiger partial charge in [-0.3, -0.25) is 9.69 Å². The Morgan fingerprint density at radius 3 is 2.44 bits per heavy atom. The van der Waals surface area contributed by atoms with Gasteiger partial charge in [0.05, 0.1) is 12.3 Å². The van der Waals surface area contributed by atoms with Gasteiger partial charge in [0.2, 0.25) is 15.9 Å². The highest BCUT2D eigenvalue weighted by Crippen LogP contribution is 2.25. The second kappa shape index (κ2) is 7.43. The predicted molar refractivity (Wildman–Crippen MR) is 97.6 cm³/mol. The molecule has 25 heavy (non-hydrogen) atoms. The molecule has 1 aromatic carbocycles. The summed E-state index contributed by atoms with van der Waals surface area (Å²) in [5, 5.41) is 0. The maximum atomic E-state index is 12.4. The summed E-state index contributed by atoms with van der Waals surface area (Å²) in [5.41, 5.74) is 2.87. The summed E-state index contributed by atoms with van der Waals surface area (Å²) in [5.74, 6) is -0.132. The maximum Gasteiger partial charge on any atom is 0.240 e. The largest absolute Gasteiger partial charge is 0.341 e. The second-order valence-corrected chi connectivity index (χ2v) is 8.94. The summed E-state index contributed by atoms with van der Waals surface area (Å²) in [7, 11) is -3.37. The molecule has 1 amide bonds. The molecule has 0 aromatic heterocycles. The van der Waals surface area contributed by atoms with Crippen molar-refractivity contribution in [3.8, 4) is 0 Å². The number of carbonyl (C=O) groups is 1. The van der Waals surface area contributed by atoms with Crippen molar-refractivity contribution in [1.29, 1.82) is 0 Å². The molecule has 138 valence electrons. The standard InChI is InChI=1S/C18H27N3O3S/c1-14(19-25(2,23)24)18(22)20-11-8-17(9-12-20)21-10-7-15-5-3-4-6-16(15)13-21/h3-6,14,17,19H,7-13H2,1-2H3/t14-/m0/s1. The van der Waals surface area contributed by atoms with Crippen LogP contribution >= 0.6 is 0 Å². The lowest BCUT2D eigenvalue weighted by Crippen LogP contribution is -2.52. The van der Waals surface area contributed by atoms with Crippen LogP contribution in [-0.4, -0.2) is 62.1 Å². The first-order valence-electron chi connectivity index (χ1n) is 8.90. The molecule has 1 fully saturated rings. The Balaban J connectivity index is 1.53. The zero-order valence-corrected chi connectivity index (χ0v) is 15.8. The van der Waals surface area contributed by atoms with E-state index in [-0.39, 0.29) is 5.91 Å². The molecule has 1 atom stereocenters. The smallest absolute Gasteiger partial charge is 0.240 e. The predicted octanol–water partition coefficient (Wildman–Crippen LogP) is 0.973. The van der Waals surface area contributed by atoms with Crippen molar-refractivity contribution < 1.29 is 13.2 Å². The minimum absolute atomic E-state index is 0.132. The van der Waals surface area contributed by atoms with E-state index in [1.54, 1.807) is 11.8 Å². The number of carbonyl (C=O) groups excluding carboxylic acids is 1. The third kappa shape index (κ3) is 4.59. The molecule has 2 aliphatic rings. The van der Waals surface area contributed by atoms with Crippen LogP contribution in [0.2, 0.25) is 0 Å². The van der Waals surface area contributed by atoms with Crippen LogP contribution in [0.25, 0.3) is 0 Å². The second-order valence-electron chi connectivity index (χ2n) is 7.16. The number of amides is 1. The van der Waals surface area contributed by atoms with Gasteiger partial charge in [0.25, 0.3) is 0 Å². The molecule has 1 N–H and O–H groups in total. The molecule has 2 aliphatic heterocycles. The van der Waals surface area contributed by atoms with Gasteiger partial charge in [-0.1, -0.05) is 24.3 Å². The number of nitrogens with one attached hydrogen (secondary N) is 1. The van der Waals surface area contributed by atoms with Crippen LogP contribution in [-0.2, 0) is 27.8 Å². The molecule has 0 saturated carbocycles. The average molecular weight is 365 g/mol. The third-order valence-corrected chi connectivity index (χ3v) is 6.00. The number of piperidine rings is 1. The van der Waals surface area contributed by atoms with Crippen LogP contribution in [0.4, 0.5) is 0 Å². The maximum absolute atomic E-state index is 12.4. The molecule has 0 unspecified atom stereocenters. The van der Waals surface area contributed by atoms with E-state index in [9.17, 15) is 13.2 Å². The van der Waals surface area contributed by atoms with E-state index in [4.69, 9.17) is 0 Å². The van der Waals surface area contributed by atoms with Crippen molar-refractivity contribution in [2.75, 3.05) is 25.9 Å². The van der Waals surface area contributed by atoms with E-state index in [0.29, 0.717) is 19.1 Å². The van der Waals surface area contributed by atoms with Gasteiger partial charge >= 0.3 is 0 Å². The quantitative estimate of drug-likeness (QED) is 0.863. The summed E-state index contributed by atoms with van der Waals surface area (Å²) in [6.45, 7) is 5.05. The topological polar surface area (TPSA) is 69.7 Å². The summed E-state index contributed by atoms with van der Waals surface area (Å²) in [4.78, 5) is 16.7. The average Bonchev–Trinajstić information content (AvgIpc) is 2.59. The van der Waals surface area contributed by atoms with Crippen LogP contribution in [0, 0.1) is 0 Å². The van der Waals surface area contributed by atoms with Crippen LogP contribution in [0.3, 0.4) is 0 Å². The Hall–Kier alpha value is -1.44. The van der Waals surface area contributed by atoms with Crippen LogP contribution in [0.1, 0.15) is 30.9 Å². The van der Waals surface area contributed by atoms with Gasteiger partial charge in [-0.2, -0.15) is 0 Å². The van der Waals surface area contributed by atoms with Gasteiger partial charge in [-0.25, -0.2) is 13.1 Å². The van der Waals surface area contributed by atoms with Crippen LogP contribution in [0.5, 0.6) is 0 Å². The van der Waals surface area contributed by atoms with Crippen molar-refractivity contribution in [3.05, 3.63) is 35.4 Å². The number of fused-ring (bicyclic) bond motifs is 1. The lowest BCUT2D eigenvalue weighted by atomic mass is 9.95. The highest BCUT2D eigenvalue weighted by Gasteiger charge is 2.30. The fourth-order valence-corrected chi connectivity index (χ4v) is 4.67. The molecule has 3 rings (SSSR count). The molecule has 0 radical (unpaired) electrons. The molecule has 2 heterocycles. The first-order chi connectivity index (χ1) is 11.8. The molecule has 0 bridgehead atoms. The summed E-state index contributed by atoms with van der Waals surface area (Å²) < 4.78 is 25.0. The first kappa shape index (κ1) is 18.4. The Kier molecular flexibility index (Phi) is 5.46. The molecule has 0 spiro atoms. The number of benzene rings is 1. The fraction of sp³-hybridized carbons (Fsp3) is 0.611. The van der Waals surface area contributed by atoms with Gasteiger partial charge in [-0.15, -0.1) is 0 Å². The van der Waals surface area contributed by atoms with Gasteiger partial charge in [-0.05, 0) is 37.3 Å². The fourth-order valence-electron chi connectivity index (χ4n) is 3.93. The normalized spacial score (nSPS) is 21.0. The minimum Gasteiger partial charge on any atom is -0.341 e. The molecular formula is C18H27N3O3S. The zero-order valence-electron chi connectivity index (χ0n) is 14.9. The number of sulfonamides is 1. The summed E-state index contributed by atoms with van der Waals surface area (Å²) in [6.07, 6.45) is 4.06. The van der Waals surface area contributed by atoms with Gasteiger partial charge in [0, 0.05) is 32.2 Å². The Morgan fingerprint density at radius 2 is 1.80 bits per heavy atom. The van der Waals surface area contributed by atoms with E-state index in [2.05, 4.69) is 33.9 Å². The Labute approximate surface area is 150 Å². The van der Waals surface area contributed by atoms with Crippen molar-refractivity contribution in [3.63, 3.8) is 0 Å². The highest BCUT2D eigenvalue weighted by molar-refractivity contribution is 7.88. The van der Waals surface area contributed by atoms with Crippen molar-refractivity contribution >= 4 is 15.9 Å². The Morgan fingerprint density at radius 1 is 1.16 bits per heavy atom. The SMILES string of the molecule is C[C@H](NS(C)(=O)=O)C(=O)N1CCC(N2CCc3ccccc3C2)CC1. The number of likely N-dealkylation sites (tertiary alicyclic amines) is 1. The summed E-state index contributed by atoms with van der Waals surface area (Å²) in [6, 6.07) is 8.41. The van der Waals surface area contributed by atoms with Crippen molar-refractivity contribution in [2.24, 2.45) is 0 Å². The van der Waals surface area contributed by atoms with Gasteiger partial charge < -0.3 is 4.90 Å². The van der Waals surface area contributed by atoms with Crippen LogP contribution < -0.4 is 4.72 Å². The van der Waals surface area contributed by atoms with E-state index in [1.165, 1.54) is 11.1 Å².